The second-order valence-corrected chi connectivity index (χ2v) is 3.69. The highest BCUT2D eigenvalue weighted by molar-refractivity contribution is 5.72. The summed E-state index contributed by atoms with van der Waals surface area (Å²) in [6.45, 7) is 1.67. The van der Waals surface area contributed by atoms with E-state index in [-0.39, 0.29) is 12.2 Å². The molecule has 1 atom stereocenters. The zero-order chi connectivity index (χ0) is 13.7. The minimum Gasteiger partial charge on any atom is -0.496 e. The quantitative estimate of drug-likeness (QED) is 0.583. The van der Waals surface area contributed by atoms with E-state index < -0.39 is 16.9 Å². The van der Waals surface area contributed by atoms with Gasteiger partial charge >= 0.3 is 5.97 Å². The van der Waals surface area contributed by atoms with Crippen molar-refractivity contribution in [2.75, 3.05) is 7.11 Å². The Morgan fingerprint density at radius 3 is 2.78 bits per heavy atom. The van der Waals surface area contributed by atoms with Crippen molar-refractivity contribution in [3.05, 3.63) is 33.9 Å². The molecule has 0 fully saturated rings. The van der Waals surface area contributed by atoms with Crippen LogP contribution in [-0.2, 0) is 11.3 Å². The predicted octanol–water partition coefficient (Wildman–Crippen LogP) is 1.17. The molecule has 0 aromatic heterocycles. The minimum atomic E-state index is -0.987. The highest BCUT2D eigenvalue weighted by Gasteiger charge is 2.14. The van der Waals surface area contributed by atoms with Crippen molar-refractivity contribution >= 4 is 11.7 Å². The fraction of sp³-hybridized carbons (Fsp3) is 0.364. The number of nitrogens with one attached hydrogen (secondary N) is 1. The van der Waals surface area contributed by atoms with Gasteiger partial charge in [0.1, 0.15) is 11.8 Å². The second kappa shape index (κ2) is 5.97. The maximum atomic E-state index is 10.6. The number of carbonyl (C=O) groups is 1. The molecule has 0 amide bonds. The molecule has 0 bridgehead atoms. The Balaban J connectivity index is 2.88. The lowest BCUT2D eigenvalue weighted by Gasteiger charge is -2.11. The molecule has 0 unspecified atom stereocenters. The summed E-state index contributed by atoms with van der Waals surface area (Å²) in [4.78, 5) is 20.8. The first-order valence-corrected chi connectivity index (χ1v) is 5.23. The van der Waals surface area contributed by atoms with Crippen molar-refractivity contribution in [3.63, 3.8) is 0 Å². The van der Waals surface area contributed by atoms with E-state index in [0.29, 0.717) is 11.3 Å². The molecule has 0 heterocycles. The van der Waals surface area contributed by atoms with Gasteiger partial charge in [-0.1, -0.05) is 0 Å². The summed E-state index contributed by atoms with van der Waals surface area (Å²) in [5.74, 6) is -0.509. The second-order valence-electron chi connectivity index (χ2n) is 3.69. The van der Waals surface area contributed by atoms with E-state index in [1.807, 2.05) is 0 Å². The average Bonchev–Trinajstić information content (AvgIpc) is 2.35. The molecule has 98 valence electrons. The zero-order valence-electron chi connectivity index (χ0n) is 10.0. The van der Waals surface area contributed by atoms with Crippen molar-refractivity contribution < 1.29 is 19.6 Å². The number of nitro benzene ring substituents is 1. The van der Waals surface area contributed by atoms with Crippen LogP contribution in [0.1, 0.15) is 12.5 Å². The molecule has 2 N–H and O–H groups in total. The Morgan fingerprint density at radius 1 is 1.61 bits per heavy atom. The van der Waals surface area contributed by atoms with E-state index in [2.05, 4.69) is 5.32 Å². The van der Waals surface area contributed by atoms with Crippen LogP contribution in [0.4, 0.5) is 5.69 Å². The maximum Gasteiger partial charge on any atom is 0.320 e. The summed E-state index contributed by atoms with van der Waals surface area (Å²) in [6, 6.07) is 3.44. The Hall–Kier alpha value is -2.15. The Kier molecular flexibility index (Phi) is 4.61. The van der Waals surface area contributed by atoms with Crippen molar-refractivity contribution in [1.29, 1.82) is 0 Å². The fourth-order valence-corrected chi connectivity index (χ4v) is 1.37. The molecule has 0 aliphatic rings. The molecule has 0 aliphatic heterocycles. The van der Waals surface area contributed by atoms with Crippen LogP contribution in [0.2, 0.25) is 0 Å². The SMILES string of the molecule is COc1ccc([N+](=O)[O-])cc1CN[C@H](C)C(=O)O. The fourth-order valence-electron chi connectivity index (χ4n) is 1.37. The molecule has 1 rings (SSSR count). The first-order valence-electron chi connectivity index (χ1n) is 5.23. The summed E-state index contributed by atoms with van der Waals surface area (Å²) in [5, 5.41) is 22.1. The predicted molar refractivity (Wildman–Crippen MR) is 63.6 cm³/mol. The van der Waals surface area contributed by atoms with Crippen molar-refractivity contribution in [1.82, 2.24) is 5.32 Å². The normalized spacial score (nSPS) is 11.9. The molecule has 0 saturated heterocycles. The zero-order valence-corrected chi connectivity index (χ0v) is 10.0. The number of non-ortho nitro benzene ring substituents is 1. The number of aliphatic carboxylic acids is 1. The van der Waals surface area contributed by atoms with Gasteiger partial charge in [0.15, 0.2) is 0 Å². The van der Waals surface area contributed by atoms with Crippen LogP contribution < -0.4 is 10.1 Å². The van der Waals surface area contributed by atoms with Gasteiger partial charge in [0.25, 0.3) is 5.69 Å². The van der Waals surface area contributed by atoms with E-state index in [0.717, 1.165) is 0 Å². The Morgan fingerprint density at radius 2 is 2.28 bits per heavy atom. The van der Waals surface area contributed by atoms with Gasteiger partial charge in [-0.05, 0) is 13.0 Å². The van der Waals surface area contributed by atoms with Crippen LogP contribution >= 0.6 is 0 Å². The number of hydrogen-bond acceptors (Lipinski definition) is 5. The van der Waals surface area contributed by atoms with Gasteiger partial charge < -0.3 is 15.2 Å². The standard InChI is InChI=1S/C11H14N2O5/c1-7(11(14)15)12-6-8-5-9(13(16)17)3-4-10(8)18-2/h3-5,7,12H,6H2,1-2H3,(H,14,15)/t7-/m1/s1. The molecular weight excluding hydrogens is 240 g/mol. The highest BCUT2D eigenvalue weighted by atomic mass is 16.6. The number of nitro groups is 1. The summed E-state index contributed by atoms with van der Waals surface area (Å²) >= 11 is 0. The van der Waals surface area contributed by atoms with E-state index >= 15 is 0 Å². The molecule has 7 nitrogen and oxygen atoms in total. The van der Waals surface area contributed by atoms with Crippen LogP contribution in [0, 0.1) is 10.1 Å². The van der Waals surface area contributed by atoms with Gasteiger partial charge in [-0.25, -0.2) is 0 Å². The van der Waals surface area contributed by atoms with Crippen LogP contribution in [0.15, 0.2) is 18.2 Å². The molecule has 7 heteroatoms. The van der Waals surface area contributed by atoms with Crippen molar-refractivity contribution in [2.24, 2.45) is 0 Å². The summed E-state index contributed by atoms with van der Waals surface area (Å²) in [7, 11) is 1.45. The van der Waals surface area contributed by atoms with E-state index in [9.17, 15) is 14.9 Å². The molecule has 0 radical (unpaired) electrons. The van der Waals surface area contributed by atoms with Gasteiger partial charge in [0.05, 0.1) is 12.0 Å². The first-order chi connectivity index (χ1) is 8.45. The van der Waals surface area contributed by atoms with Crippen molar-refractivity contribution in [2.45, 2.75) is 19.5 Å². The number of rotatable bonds is 6. The number of hydrogen-bond donors (Lipinski definition) is 2. The number of nitrogens with zero attached hydrogens (tertiary/aromatic N) is 1. The third-order valence-corrected chi connectivity index (χ3v) is 2.44. The molecule has 1 aromatic rings. The topological polar surface area (TPSA) is 102 Å². The van der Waals surface area contributed by atoms with E-state index in [1.54, 1.807) is 0 Å². The molecule has 18 heavy (non-hydrogen) atoms. The van der Waals surface area contributed by atoms with Gasteiger partial charge in [0, 0.05) is 24.2 Å². The van der Waals surface area contributed by atoms with Gasteiger partial charge in [-0.15, -0.1) is 0 Å². The minimum absolute atomic E-state index is 0.0596. The number of carboxylic acids is 1. The summed E-state index contributed by atoms with van der Waals surface area (Å²) in [5.41, 5.74) is 0.482. The van der Waals surface area contributed by atoms with Crippen molar-refractivity contribution in [3.8, 4) is 5.75 Å². The molecule has 0 saturated carbocycles. The Bertz CT molecular complexity index is 461. The lowest BCUT2D eigenvalue weighted by atomic mass is 10.1. The van der Waals surface area contributed by atoms with Gasteiger partial charge in [-0.3, -0.25) is 14.9 Å². The molecular formula is C11H14N2O5. The van der Waals surface area contributed by atoms with E-state index in [4.69, 9.17) is 9.84 Å². The van der Waals surface area contributed by atoms with Gasteiger partial charge in [0.2, 0.25) is 0 Å². The lowest BCUT2D eigenvalue weighted by Crippen LogP contribution is -2.33. The maximum absolute atomic E-state index is 10.6. The Labute approximate surface area is 104 Å². The van der Waals surface area contributed by atoms with Crippen LogP contribution in [0.3, 0.4) is 0 Å². The summed E-state index contributed by atoms with van der Waals surface area (Å²) in [6.07, 6.45) is 0. The number of benzene rings is 1. The third kappa shape index (κ3) is 3.42. The smallest absolute Gasteiger partial charge is 0.320 e. The lowest BCUT2D eigenvalue weighted by molar-refractivity contribution is -0.384. The number of ether oxygens (including phenoxy) is 1. The first kappa shape index (κ1) is 13.9. The van der Waals surface area contributed by atoms with Crippen LogP contribution in [-0.4, -0.2) is 29.2 Å². The molecule has 0 aliphatic carbocycles. The monoisotopic (exact) mass is 254 g/mol. The van der Waals surface area contributed by atoms with Crippen LogP contribution in [0.5, 0.6) is 5.75 Å². The molecule has 1 aromatic carbocycles. The van der Waals surface area contributed by atoms with E-state index in [1.165, 1.54) is 32.2 Å². The largest absolute Gasteiger partial charge is 0.496 e. The highest BCUT2D eigenvalue weighted by Crippen LogP contribution is 2.23. The van der Waals surface area contributed by atoms with Gasteiger partial charge in [-0.2, -0.15) is 0 Å². The third-order valence-electron chi connectivity index (χ3n) is 2.44. The summed E-state index contributed by atoms with van der Waals surface area (Å²) < 4.78 is 5.06. The average molecular weight is 254 g/mol. The molecule has 0 spiro atoms. The van der Waals surface area contributed by atoms with Crippen LogP contribution in [0.25, 0.3) is 0 Å². The number of methoxy groups -OCH3 is 1. The number of carboxylic acid groups (broad SMARTS) is 1.